The first-order chi connectivity index (χ1) is 6.41. The summed E-state index contributed by atoms with van der Waals surface area (Å²) in [7, 11) is 1.64. The third kappa shape index (κ3) is 1.69. The van der Waals surface area contributed by atoms with Gasteiger partial charge in [0.25, 0.3) is 0 Å². The number of hydrogen-bond acceptors (Lipinski definition) is 2. The van der Waals surface area contributed by atoms with Gasteiger partial charge < -0.3 is 9.84 Å². The van der Waals surface area contributed by atoms with Crippen LogP contribution in [0.5, 0.6) is 0 Å². The molecule has 3 heteroatoms. The Labute approximate surface area is 84.8 Å². The number of methoxy groups -OCH3 is 1. The summed E-state index contributed by atoms with van der Waals surface area (Å²) in [4.78, 5) is 11.1. The van der Waals surface area contributed by atoms with E-state index in [0.717, 1.165) is 18.4 Å². The Kier molecular flexibility index (Phi) is 3.00. The third-order valence-electron chi connectivity index (χ3n) is 3.24. The molecule has 0 saturated heterocycles. The molecule has 0 heterocycles. The van der Waals surface area contributed by atoms with Gasteiger partial charge in [-0.3, -0.25) is 4.79 Å². The molecular formula is C11H18O3. The maximum Gasteiger partial charge on any atom is 0.311 e. The summed E-state index contributed by atoms with van der Waals surface area (Å²) in [6.45, 7) is 7.71. The summed E-state index contributed by atoms with van der Waals surface area (Å²) in [5.74, 6) is -1.28. The van der Waals surface area contributed by atoms with Crippen molar-refractivity contribution in [2.24, 2.45) is 11.3 Å². The minimum atomic E-state index is -0.790. The van der Waals surface area contributed by atoms with Crippen molar-refractivity contribution >= 4 is 5.97 Å². The van der Waals surface area contributed by atoms with Gasteiger partial charge >= 0.3 is 5.97 Å². The average Bonchev–Trinajstić information content (AvgIpc) is 2.01. The number of rotatable bonds is 2. The van der Waals surface area contributed by atoms with Gasteiger partial charge in [0.15, 0.2) is 0 Å². The Morgan fingerprint density at radius 3 is 2.64 bits per heavy atom. The second-order valence-electron chi connectivity index (χ2n) is 4.51. The molecule has 1 rings (SSSR count). The summed E-state index contributed by atoms with van der Waals surface area (Å²) < 4.78 is 5.33. The minimum absolute atomic E-state index is 0.00843. The van der Waals surface area contributed by atoms with Gasteiger partial charge in [-0.05, 0) is 12.8 Å². The molecule has 0 aliphatic heterocycles. The SMILES string of the molecule is C=C1CCC(OC)C(C)(C)C1C(=O)O. The van der Waals surface area contributed by atoms with Crippen LogP contribution >= 0.6 is 0 Å². The summed E-state index contributed by atoms with van der Waals surface area (Å²) in [5, 5.41) is 9.14. The van der Waals surface area contributed by atoms with E-state index < -0.39 is 11.9 Å². The van der Waals surface area contributed by atoms with Crippen molar-refractivity contribution in [3.8, 4) is 0 Å². The van der Waals surface area contributed by atoms with Gasteiger partial charge in [0.05, 0.1) is 12.0 Å². The predicted molar refractivity (Wildman–Crippen MR) is 54.1 cm³/mol. The topological polar surface area (TPSA) is 46.5 Å². The van der Waals surface area contributed by atoms with Gasteiger partial charge in [0.1, 0.15) is 0 Å². The number of carbonyl (C=O) groups is 1. The van der Waals surface area contributed by atoms with E-state index in [2.05, 4.69) is 6.58 Å². The van der Waals surface area contributed by atoms with E-state index in [0.29, 0.717) is 0 Å². The lowest BCUT2D eigenvalue weighted by molar-refractivity contribution is -0.150. The van der Waals surface area contributed by atoms with Gasteiger partial charge in [-0.1, -0.05) is 26.0 Å². The lowest BCUT2D eigenvalue weighted by atomic mass is 9.65. The molecule has 14 heavy (non-hydrogen) atoms. The normalized spacial score (nSPS) is 31.5. The molecule has 1 saturated carbocycles. The van der Waals surface area contributed by atoms with E-state index in [1.54, 1.807) is 7.11 Å². The highest BCUT2D eigenvalue weighted by Gasteiger charge is 2.46. The van der Waals surface area contributed by atoms with E-state index >= 15 is 0 Å². The minimum Gasteiger partial charge on any atom is -0.481 e. The van der Waals surface area contributed by atoms with Crippen LogP contribution in [-0.2, 0) is 9.53 Å². The standard InChI is InChI=1S/C11H18O3/c1-7-5-6-8(14-4)11(2,3)9(7)10(12)13/h8-9H,1,5-6H2,2-4H3,(H,12,13). The quantitative estimate of drug-likeness (QED) is 0.691. The number of carboxylic acids is 1. The summed E-state index contributed by atoms with van der Waals surface area (Å²) >= 11 is 0. The fourth-order valence-electron chi connectivity index (χ4n) is 2.46. The summed E-state index contributed by atoms with van der Waals surface area (Å²) in [6.07, 6.45) is 1.62. The molecule has 0 aromatic rings. The van der Waals surface area contributed by atoms with Crippen molar-refractivity contribution in [3.05, 3.63) is 12.2 Å². The van der Waals surface area contributed by atoms with E-state index in [1.165, 1.54) is 0 Å². The zero-order chi connectivity index (χ0) is 10.9. The van der Waals surface area contributed by atoms with Crippen LogP contribution in [0.1, 0.15) is 26.7 Å². The first kappa shape index (κ1) is 11.2. The number of hydrogen-bond donors (Lipinski definition) is 1. The van der Waals surface area contributed by atoms with E-state index in [1.807, 2.05) is 13.8 Å². The highest BCUT2D eigenvalue weighted by molar-refractivity contribution is 5.75. The second-order valence-corrected chi connectivity index (χ2v) is 4.51. The highest BCUT2D eigenvalue weighted by Crippen LogP contribution is 2.44. The van der Waals surface area contributed by atoms with Crippen LogP contribution in [0.25, 0.3) is 0 Å². The molecule has 0 spiro atoms. The van der Waals surface area contributed by atoms with E-state index in [-0.39, 0.29) is 11.5 Å². The average molecular weight is 198 g/mol. The Hall–Kier alpha value is -0.830. The summed E-state index contributed by atoms with van der Waals surface area (Å²) in [5.41, 5.74) is 0.450. The molecule has 0 aromatic heterocycles. The smallest absolute Gasteiger partial charge is 0.311 e. The predicted octanol–water partition coefficient (Wildman–Crippen LogP) is 2.08. The van der Waals surface area contributed by atoms with Crippen LogP contribution < -0.4 is 0 Å². The first-order valence-corrected chi connectivity index (χ1v) is 4.84. The number of ether oxygens (including phenoxy) is 1. The zero-order valence-corrected chi connectivity index (χ0v) is 9.04. The van der Waals surface area contributed by atoms with Crippen molar-refractivity contribution in [1.29, 1.82) is 0 Å². The van der Waals surface area contributed by atoms with Crippen molar-refractivity contribution in [2.75, 3.05) is 7.11 Å². The van der Waals surface area contributed by atoms with Crippen LogP contribution in [0.3, 0.4) is 0 Å². The second kappa shape index (κ2) is 3.73. The van der Waals surface area contributed by atoms with Crippen molar-refractivity contribution in [3.63, 3.8) is 0 Å². The molecule has 1 aliphatic carbocycles. The molecule has 3 nitrogen and oxygen atoms in total. The molecule has 0 amide bonds. The molecular weight excluding hydrogens is 180 g/mol. The van der Waals surface area contributed by atoms with Crippen molar-refractivity contribution in [1.82, 2.24) is 0 Å². The molecule has 2 unspecified atom stereocenters. The van der Waals surface area contributed by atoms with Gasteiger partial charge in [-0.2, -0.15) is 0 Å². The van der Waals surface area contributed by atoms with Crippen LogP contribution in [0.15, 0.2) is 12.2 Å². The molecule has 1 N–H and O–H groups in total. The van der Waals surface area contributed by atoms with Crippen molar-refractivity contribution < 1.29 is 14.6 Å². The molecule has 1 aliphatic rings. The van der Waals surface area contributed by atoms with Crippen LogP contribution in [0.4, 0.5) is 0 Å². The maximum atomic E-state index is 11.1. The number of aliphatic carboxylic acids is 1. The van der Waals surface area contributed by atoms with Crippen molar-refractivity contribution in [2.45, 2.75) is 32.8 Å². The lowest BCUT2D eigenvalue weighted by Crippen LogP contribution is -2.45. The fourth-order valence-corrected chi connectivity index (χ4v) is 2.46. The summed E-state index contributed by atoms with van der Waals surface area (Å²) in [6, 6.07) is 0. The fraction of sp³-hybridized carbons (Fsp3) is 0.727. The van der Waals surface area contributed by atoms with Crippen LogP contribution in [-0.4, -0.2) is 24.3 Å². The highest BCUT2D eigenvalue weighted by atomic mass is 16.5. The van der Waals surface area contributed by atoms with Gasteiger partial charge in [0.2, 0.25) is 0 Å². The number of carboxylic acid groups (broad SMARTS) is 1. The monoisotopic (exact) mass is 198 g/mol. The maximum absolute atomic E-state index is 11.1. The Balaban J connectivity index is 2.98. The van der Waals surface area contributed by atoms with E-state index in [4.69, 9.17) is 9.84 Å². The van der Waals surface area contributed by atoms with E-state index in [9.17, 15) is 4.79 Å². The molecule has 0 radical (unpaired) electrons. The third-order valence-corrected chi connectivity index (χ3v) is 3.24. The van der Waals surface area contributed by atoms with Gasteiger partial charge in [0, 0.05) is 12.5 Å². The molecule has 80 valence electrons. The largest absolute Gasteiger partial charge is 0.481 e. The lowest BCUT2D eigenvalue weighted by Gasteiger charge is -2.43. The van der Waals surface area contributed by atoms with Gasteiger partial charge in [-0.25, -0.2) is 0 Å². The van der Waals surface area contributed by atoms with Gasteiger partial charge in [-0.15, -0.1) is 0 Å². The first-order valence-electron chi connectivity index (χ1n) is 4.84. The molecule has 0 bridgehead atoms. The molecule has 2 atom stereocenters. The van der Waals surface area contributed by atoms with Crippen LogP contribution in [0.2, 0.25) is 0 Å². The Bertz CT molecular complexity index is 255. The van der Waals surface area contributed by atoms with Crippen LogP contribution in [0, 0.1) is 11.3 Å². The molecule has 1 fully saturated rings. The molecule has 0 aromatic carbocycles. The Morgan fingerprint density at radius 2 is 2.21 bits per heavy atom. The Morgan fingerprint density at radius 1 is 1.64 bits per heavy atom. The zero-order valence-electron chi connectivity index (χ0n) is 9.04.